The van der Waals surface area contributed by atoms with Gasteiger partial charge in [-0.15, -0.1) is 0 Å². The molecule has 8 aliphatic heterocycles. The van der Waals surface area contributed by atoms with E-state index in [9.17, 15) is 63.9 Å². The highest BCUT2D eigenvalue weighted by atomic mass is 16.6. The van der Waals surface area contributed by atoms with Gasteiger partial charge in [0.25, 0.3) is 11.8 Å². The number of amides is 10. The zero-order valence-electron chi connectivity index (χ0n) is 62.7. The van der Waals surface area contributed by atoms with Crippen molar-refractivity contribution in [3.8, 4) is 11.1 Å². The van der Waals surface area contributed by atoms with Gasteiger partial charge in [-0.1, -0.05) is 102 Å². The van der Waals surface area contributed by atoms with E-state index in [2.05, 4.69) is 53.4 Å². The van der Waals surface area contributed by atoms with Gasteiger partial charge in [0.2, 0.25) is 47.3 Å². The predicted molar refractivity (Wildman–Crippen MR) is 380 cm³/mol. The molecule has 33 heteroatoms. The predicted octanol–water partition coefficient (Wildman–Crippen LogP) is -1.12. The minimum absolute atomic E-state index is 0.0286. The van der Waals surface area contributed by atoms with Crippen LogP contribution in [0.5, 0.6) is 0 Å². The highest BCUT2D eigenvalue weighted by Gasteiger charge is 2.64. The lowest BCUT2D eigenvalue weighted by atomic mass is 9.86. The van der Waals surface area contributed by atoms with Crippen molar-refractivity contribution in [2.75, 3.05) is 23.7 Å². The molecule has 0 spiro atoms. The number of hydrazine groups is 2. The van der Waals surface area contributed by atoms with Crippen LogP contribution in [0.1, 0.15) is 154 Å². The van der Waals surface area contributed by atoms with E-state index < -0.39 is 222 Å². The zero-order chi connectivity index (χ0) is 77.9. The summed E-state index contributed by atoms with van der Waals surface area (Å²) in [5.41, 5.74) is 2.98. The molecule has 6 fully saturated rings. The number of aliphatic hydroxyl groups is 5. The fraction of sp³-hybridized carbons (Fsp3) is 0.671. The van der Waals surface area contributed by atoms with Crippen molar-refractivity contribution in [3.05, 3.63) is 47.5 Å². The molecule has 2 aromatic rings. The van der Waals surface area contributed by atoms with Gasteiger partial charge in [-0.3, -0.25) is 58.0 Å². The van der Waals surface area contributed by atoms with E-state index in [4.69, 9.17) is 9.47 Å². The lowest BCUT2D eigenvalue weighted by molar-refractivity contribution is -0.172. The Kier molecular flexibility index (Phi) is 23.6. The lowest BCUT2D eigenvalue weighted by Crippen LogP contribution is -2.67. The van der Waals surface area contributed by atoms with Crippen molar-refractivity contribution in [3.63, 3.8) is 0 Å². The number of cyclic esters (lactones) is 2. The Bertz CT molecular complexity index is 3540. The second-order valence-corrected chi connectivity index (χ2v) is 32.3. The summed E-state index contributed by atoms with van der Waals surface area (Å²) in [5, 5.41) is 85.3. The number of benzene rings is 2. The van der Waals surface area contributed by atoms with E-state index >= 15 is 19.2 Å². The fourth-order valence-corrected chi connectivity index (χ4v) is 15.7. The van der Waals surface area contributed by atoms with Crippen LogP contribution in [0, 0.1) is 41.4 Å². The molecule has 8 heterocycles. The first kappa shape index (κ1) is 80.0. The molecule has 0 bridgehead atoms. The summed E-state index contributed by atoms with van der Waals surface area (Å²) >= 11 is 0. The number of β-amino-alcohol motifs (C(OH)–C–C–N with tert-alkyl or cyclic N) is 1. The molecule has 8 aliphatic rings. The minimum atomic E-state index is -2.20. The maximum Gasteiger partial charge on any atom is 0.329 e. The molecule has 10 amide bonds. The molecule has 0 aromatic heterocycles. The Balaban J connectivity index is 1.01. The van der Waals surface area contributed by atoms with Crippen molar-refractivity contribution < 1.29 is 92.5 Å². The van der Waals surface area contributed by atoms with E-state index in [0.29, 0.717) is 11.1 Å². The number of anilines is 2. The van der Waals surface area contributed by atoms with Crippen molar-refractivity contribution in [2.24, 2.45) is 41.4 Å². The topological polar surface area (TPSA) is 458 Å². The highest BCUT2D eigenvalue weighted by Crippen LogP contribution is 2.53. The summed E-state index contributed by atoms with van der Waals surface area (Å²) in [6.45, 7) is 24.5. The summed E-state index contributed by atoms with van der Waals surface area (Å²) in [6.07, 6.45) is -11.9. The lowest BCUT2D eigenvalue weighted by Gasteiger charge is -2.41. The van der Waals surface area contributed by atoms with Crippen molar-refractivity contribution >= 4 is 82.4 Å². The van der Waals surface area contributed by atoms with Gasteiger partial charge in [0.1, 0.15) is 84.0 Å². The Morgan fingerprint density at radius 1 is 0.443 bits per heavy atom. The van der Waals surface area contributed by atoms with Gasteiger partial charge in [0.15, 0.2) is 12.2 Å². The van der Waals surface area contributed by atoms with Crippen LogP contribution >= 0.6 is 0 Å². The van der Waals surface area contributed by atoms with E-state index in [-0.39, 0.29) is 79.0 Å². The molecule has 0 aliphatic carbocycles. The number of hydrogen-bond acceptors (Lipinski definition) is 23. The standard InChI is InChI=1S/C73H106N14O19/c1-30(2)20-46-58(91)82-54(37(14)88)64(97)84-50(62(95)80-52(32(5)6)68(101)105-56(34(9)10)66(99)86-48(60(93)76-46)22-36(13)28-74-86)26-72(103)42-23-39(16-18-44(42)78-70(72)84)40-17-19-45-43(24-40)73(104)27-51-63(96)81-53(33(7)8)69(102)106-57(35(11)12)67(100)87-49(25-41(90)29-75-87)61(94)77-47(21-31(3)4)59(92)83-55(38(15)89)65(98)85(51)71(73)79-45/h16-19,23-24,30-38,41,46-57,70-71,74-75,78-79,88-90,103-104H,20-22,25-29H2,1-15H3,(H,76,93)(H,77,94)(H,80,95)(H,81,96)(H,82,91)(H,83,92)/t36-,37+,38+,41-,46+,47+,48-,49-,50+,51+,52-,53-,54-,55-,56+,57+,70+,71+,72-,73-/m1/s1. The monoisotopic (exact) mass is 1480 g/mol. The molecule has 10 rings (SSSR count). The van der Waals surface area contributed by atoms with Gasteiger partial charge >= 0.3 is 11.9 Å². The maximum atomic E-state index is 15.6. The van der Waals surface area contributed by atoms with E-state index in [0.717, 1.165) is 19.8 Å². The molecular weight excluding hydrogens is 1380 g/mol. The maximum absolute atomic E-state index is 15.6. The molecule has 15 N–H and O–H groups in total. The summed E-state index contributed by atoms with van der Waals surface area (Å²) in [4.78, 5) is 180. The van der Waals surface area contributed by atoms with Gasteiger partial charge in [-0.2, -0.15) is 0 Å². The number of nitrogens with one attached hydrogen (secondary N) is 10. The third-order valence-electron chi connectivity index (χ3n) is 21.5. The van der Waals surface area contributed by atoms with Gasteiger partial charge in [-0.05, 0) is 110 Å². The average Bonchev–Trinajstić information content (AvgIpc) is 1.55. The molecule has 6 saturated heterocycles. The number of fused-ring (bicyclic) bond motifs is 12. The van der Waals surface area contributed by atoms with Crippen LogP contribution < -0.4 is 53.4 Å². The summed E-state index contributed by atoms with van der Waals surface area (Å²) in [7, 11) is 0. The third kappa shape index (κ3) is 15.6. The smallest absolute Gasteiger partial charge is 0.329 e. The van der Waals surface area contributed by atoms with Crippen LogP contribution in [0.15, 0.2) is 36.4 Å². The van der Waals surface area contributed by atoms with Crippen molar-refractivity contribution in [2.45, 2.75) is 257 Å². The number of esters is 2. The number of carbonyl (C=O) groups is 12. The molecule has 0 radical (unpaired) electrons. The van der Waals surface area contributed by atoms with Crippen LogP contribution in [-0.2, 0) is 78.2 Å². The molecular formula is C73H106N14O19. The molecule has 0 saturated carbocycles. The Labute approximate surface area is 615 Å². The summed E-state index contributed by atoms with van der Waals surface area (Å²) in [5.74, 6) is -14.6. The highest BCUT2D eigenvalue weighted by molar-refractivity contribution is 6.01. The van der Waals surface area contributed by atoms with Crippen LogP contribution in [0.3, 0.4) is 0 Å². The van der Waals surface area contributed by atoms with E-state index in [1.807, 2.05) is 6.92 Å². The number of carbonyl (C=O) groups excluding carboxylic acids is 12. The van der Waals surface area contributed by atoms with Crippen LogP contribution in [0.2, 0.25) is 0 Å². The van der Waals surface area contributed by atoms with Gasteiger partial charge in [0, 0.05) is 54.9 Å². The van der Waals surface area contributed by atoms with E-state index in [1.165, 1.54) is 13.8 Å². The normalized spacial score (nSPS) is 33.7. The Morgan fingerprint density at radius 2 is 0.802 bits per heavy atom. The number of aliphatic hydroxyl groups excluding tert-OH is 3. The molecule has 582 valence electrons. The first-order chi connectivity index (χ1) is 49.7. The van der Waals surface area contributed by atoms with Gasteiger partial charge < -0.3 is 87.3 Å². The fourth-order valence-electron chi connectivity index (χ4n) is 15.7. The van der Waals surface area contributed by atoms with Crippen LogP contribution in [0.4, 0.5) is 11.4 Å². The second-order valence-electron chi connectivity index (χ2n) is 32.3. The zero-order valence-corrected chi connectivity index (χ0v) is 62.7. The average molecular weight is 1480 g/mol. The summed E-state index contributed by atoms with van der Waals surface area (Å²) < 4.78 is 12.0. The van der Waals surface area contributed by atoms with Crippen molar-refractivity contribution in [1.82, 2.24) is 62.6 Å². The van der Waals surface area contributed by atoms with Crippen molar-refractivity contribution in [1.29, 1.82) is 0 Å². The molecule has 20 atom stereocenters. The largest absolute Gasteiger partial charge is 0.450 e. The minimum Gasteiger partial charge on any atom is -0.450 e. The first-order valence-electron chi connectivity index (χ1n) is 37.0. The van der Waals surface area contributed by atoms with Gasteiger partial charge in [-0.25, -0.2) is 20.4 Å². The van der Waals surface area contributed by atoms with Crippen LogP contribution in [0.25, 0.3) is 11.1 Å². The van der Waals surface area contributed by atoms with Crippen LogP contribution in [-0.4, -0.2) is 233 Å². The molecule has 106 heavy (non-hydrogen) atoms. The first-order valence-corrected chi connectivity index (χ1v) is 37.0. The number of ether oxygens (including phenoxy) is 2. The van der Waals surface area contributed by atoms with Gasteiger partial charge in [0.05, 0.1) is 18.3 Å². The third-order valence-corrected chi connectivity index (χ3v) is 21.5. The Morgan fingerprint density at radius 3 is 1.16 bits per heavy atom. The SMILES string of the molecule is CC(C)C[C@@H]1NC(=O)[C@H]2C[C@@H](C)CNN2C(=O)[C@H](C(C)C)OC(=O)[C@@H](C(C)C)NC(=O)[C@@H]2C[C@@]3(O)c4cc(-c5ccc6c(c5)[C@]5(O)C[C@H]7C(=O)N[C@H](C(C)C)C(=O)O[C@@H](C(C)C)C(=O)N8NC[C@H](O)C[C@@H]8C(=O)N[C@@H](CC(C)C)C(=O)N[C@H]([C@H](C)O)C(=O)N7[C@@H]5N6)ccc4N[C@H]3N2C(=O)[C@@H]([C@H](C)O)NC1=O. The summed E-state index contributed by atoms with van der Waals surface area (Å²) in [6, 6.07) is -5.75. The molecule has 2 aromatic carbocycles. The second kappa shape index (κ2) is 31.3. The number of nitrogens with zero attached hydrogens (tertiary/aromatic N) is 4. The number of rotatable bonds is 11. The number of hydrogen-bond donors (Lipinski definition) is 15. The molecule has 33 nitrogen and oxygen atoms in total. The van der Waals surface area contributed by atoms with E-state index in [1.54, 1.807) is 119 Å². The molecule has 0 unspecified atom stereocenters. The quantitative estimate of drug-likeness (QED) is 0.119. The Hall–Kier alpha value is -8.60.